The van der Waals surface area contributed by atoms with Crippen LogP contribution in [0.15, 0.2) is 30.3 Å². The molecule has 0 unspecified atom stereocenters. The maximum atomic E-state index is 14.6. The third kappa shape index (κ3) is 3.81. The fraction of sp³-hybridized carbons (Fsp3) is 0.364. The van der Waals surface area contributed by atoms with Crippen LogP contribution in [0.25, 0.3) is 11.1 Å². The predicted molar refractivity (Wildman–Crippen MR) is 107 cm³/mol. The Balaban J connectivity index is 2.12. The first-order valence-electron chi connectivity index (χ1n) is 8.96. The molecule has 3 rings (SSSR count). The van der Waals surface area contributed by atoms with Crippen LogP contribution >= 0.6 is 23.2 Å². The molecular weight excluding hydrogens is 386 g/mol. The van der Waals surface area contributed by atoms with Gasteiger partial charge in [0.25, 0.3) is 0 Å². The highest BCUT2D eigenvalue weighted by molar-refractivity contribution is 6.42. The molecule has 1 aliphatic carbocycles. The van der Waals surface area contributed by atoms with E-state index in [2.05, 4.69) is 0 Å². The van der Waals surface area contributed by atoms with Crippen molar-refractivity contribution in [3.8, 4) is 11.1 Å². The smallest absolute Gasteiger partial charge is 0.151 e. The lowest BCUT2D eigenvalue weighted by atomic mass is 9.69. The van der Waals surface area contributed by atoms with Gasteiger partial charge in [0.05, 0.1) is 10.0 Å². The first-order valence-corrected chi connectivity index (χ1v) is 9.72. The third-order valence-corrected chi connectivity index (χ3v) is 5.91. The topological polar surface area (TPSA) is 34.1 Å². The fourth-order valence-electron chi connectivity index (χ4n) is 3.84. The van der Waals surface area contributed by atoms with Crippen LogP contribution in [0.4, 0.5) is 4.39 Å². The van der Waals surface area contributed by atoms with Crippen molar-refractivity contribution < 1.29 is 14.0 Å². The van der Waals surface area contributed by atoms with Crippen LogP contribution < -0.4 is 0 Å². The van der Waals surface area contributed by atoms with Gasteiger partial charge in [0.2, 0.25) is 0 Å². The van der Waals surface area contributed by atoms with Crippen molar-refractivity contribution in [2.45, 2.75) is 46.0 Å². The molecule has 2 aromatic rings. The first kappa shape index (κ1) is 20.0. The molecule has 1 fully saturated rings. The van der Waals surface area contributed by atoms with Gasteiger partial charge in [-0.05, 0) is 46.7 Å². The lowest BCUT2D eigenvalue weighted by molar-refractivity contribution is -0.135. The van der Waals surface area contributed by atoms with Crippen molar-refractivity contribution in [2.24, 2.45) is 5.41 Å². The van der Waals surface area contributed by atoms with Crippen LogP contribution in [-0.4, -0.2) is 11.6 Å². The molecule has 142 valence electrons. The van der Waals surface area contributed by atoms with Crippen molar-refractivity contribution in [3.63, 3.8) is 0 Å². The van der Waals surface area contributed by atoms with E-state index >= 15 is 0 Å². The first-order chi connectivity index (χ1) is 12.6. The highest BCUT2D eigenvalue weighted by Crippen LogP contribution is 2.41. The molecule has 0 N–H and O–H groups in total. The van der Waals surface area contributed by atoms with Crippen LogP contribution in [0.1, 0.15) is 50.7 Å². The minimum absolute atomic E-state index is 0.0716. The molecule has 0 saturated heterocycles. The summed E-state index contributed by atoms with van der Waals surface area (Å²) < 4.78 is 14.6. The van der Waals surface area contributed by atoms with E-state index in [9.17, 15) is 14.0 Å². The van der Waals surface area contributed by atoms with Gasteiger partial charge < -0.3 is 0 Å². The molecule has 2 aromatic carbocycles. The van der Waals surface area contributed by atoms with Crippen LogP contribution in [0.2, 0.25) is 10.0 Å². The van der Waals surface area contributed by atoms with Crippen molar-refractivity contribution >= 4 is 34.8 Å². The number of ketones is 2. The van der Waals surface area contributed by atoms with Gasteiger partial charge in [0.15, 0.2) is 5.82 Å². The molecule has 2 nitrogen and oxygen atoms in total. The molecular formula is C22H21Cl2FO2. The lowest BCUT2D eigenvalue weighted by Gasteiger charge is -2.33. The Morgan fingerprint density at radius 2 is 1.70 bits per heavy atom. The zero-order valence-corrected chi connectivity index (χ0v) is 17.0. The van der Waals surface area contributed by atoms with E-state index in [1.165, 1.54) is 6.07 Å². The molecule has 5 heteroatoms. The van der Waals surface area contributed by atoms with Crippen LogP contribution in [-0.2, 0) is 16.0 Å². The number of hydrogen-bond acceptors (Lipinski definition) is 2. The Labute approximate surface area is 168 Å². The Morgan fingerprint density at radius 1 is 1.07 bits per heavy atom. The predicted octanol–water partition coefficient (Wildman–Crippen LogP) is 6.40. The van der Waals surface area contributed by atoms with E-state index in [4.69, 9.17) is 23.2 Å². The highest BCUT2D eigenvalue weighted by Gasteiger charge is 2.41. The summed E-state index contributed by atoms with van der Waals surface area (Å²) in [5.74, 6) is -1.53. The third-order valence-electron chi connectivity index (χ3n) is 5.13. The van der Waals surface area contributed by atoms with Crippen LogP contribution in [0.5, 0.6) is 0 Å². The van der Waals surface area contributed by atoms with Gasteiger partial charge in [-0.1, -0.05) is 56.1 Å². The number of benzene rings is 2. The molecule has 0 spiro atoms. The van der Waals surface area contributed by atoms with Gasteiger partial charge in [-0.3, -0.25) is 9.59 Å². The summed E-state index contributed by atoms with van der Waals surface area (Å²) in [4.78, 5) is 25.5. The van der Waals surface area contributed by atoms with Crippen molar-refractivity contribution in [1.82, 2.24) is 0 Å². The fourth-order valence-corrected chi connectivity index (χ4v) is 4.15. The summed E-state index contributed by atoms with van der Waals surface area (Å²) >= 11 is 11.8. The molecule has 0 aliphatic heterocycles. The molecule has 0 bridgehead atoms. The van der Waals surface area contributed by atoms with Gasteiger partial charge in [0, 0.05) is 18.4 Å². The van der Waals surface area contributed by atoms with Gasteiger partial charge in [-0.2, -0.15) is 0 Å². The number of aryl methyl sites for hydroxylation is 1. The molecule has 0 amide bonds. The van der Waals surface area contributed by atoms with Crippen molar-refractivity contribution in [3.05, 3.63) is 57.3 Å². The lowest BCUT2D eigenvalue weighted by Crippen LogP contribution is -2.36. The Hall–Kier alpha value is -1.71. The number of rotatable bonds is 3. The second-order valence-corrected chi connectivity index (χ2v) is 8.66. The molecule has 0 heterocycles. The highest BCUT2D eigenvalue weighted by atomic mass is 35.5. The number of halogens is 3. The zero-order chi connectivity index (χ0) is 19.9. The van der Waals surface area contributed by atoms with Crippen LogP contribution in [0.3, 0.4) is 0 Å². The van der Waals surface area contributed by atoms with E-state index in [1.807, 2.05) is 26.8 Å². The van der Waals surface area contributed by atoms with E-state index < -0.39 is 11.7 Å². The second kappa shape index (κ2) is 7.37. The van der Waals surface area contributed by atoms with E-state index in [0.29, 0.717) is 36.0 Å². The molecule has 27 heavy (non-hydrogen) atoms. The second-order valence-electron chi connectivity index (χ2n) is 7.87. The van der Waals surface area contributed by atoms with E-state index in [0.717, 1.165) is 5.56 Å². The summed E-state index contributed by atoms with van der Waals surface area (Å²) in [6.07, 6.45) is 1.40. The Kier molecular flexibility index (Phi) is 5.47. The minimum Gasteiger partial charge on any atom is -0.299 e. The van der Waals surface area contributed by atoms with Gasteiger partial charge >= 0.3 is 0 Å². The van der Waals surface area contributed by atoms with E-state index in [1.54, 1.807) is 18.2 Å². The summed E-state index contributed by atoms with van der Waals surface area (Å²) in [6, 6.07) is 8.48. The van der Waals surface area contributed by atoms with Crippen molar-refractivity contribution in [2.75, 3.05) is 0 Å². The number of carbonyl (C=O) groups is 2. The molecule has 1 aliphatic rings. The molecule has 0 radical (unpaired) electrons. The van der Waals surface area contributed by atoms with Crippen LogP contribution in [0, 0.1) is 11.2 Å². The summed E-state index contributed by atoms with van der Waals surface area (Å²) in [6.45, 7) is 5.84. The average Bonchev–Trinajstić information content (AvgIpc) is 2.58. The average molecular weight is 407 g/mol. The standard InChI is InChI=1S/C22H21Cl2FO2/c1-4-12-5-6-13(14-7-8-16(23)20(24)21(14)25)9-15(12)19-17(26)10-22(2,3)11-18(19)27/h5-9,19H,4,10-11H2,1-3H3. The molecule has 1 saturated carbocycles. The largest absolute Gasteiger partial charge is 0.299 e. The summed E-state index contributed by atoms with van der Waals surface area (Å²) in [7, 11) is 0. The number of Topliss-reactive ketones (excluding diaryl/α,β-unsaturated/α-hetero) is 2. The maximum Gasteiger partial charge on any atom is 0.151 e. The van der Waals surface area contributed by atoms with Gasteiger partial charge in [-0.15, -0.1) is 0 Å². The number of hydrogen-bond donors (Lipinski definition) is 0. The normalized spacial score (nSPS) is 17.4. The summed E-state index contributed by atoms with van der Waals surface area (Å²) in [5, 5.41) is 0.00467. The quantitative estimate of drug-likeness (QED) is 0.436. The molecule has 0 atom stereocenters. The summed E-state index contributed by atoms with van der Waals surface area (Å²) in [5.41, 5.74) is 2.15. The van der Waals surface area contributed by atoms with Gasteiger partial charge in [-0.25, -0.2) is 4.39 Å². The van der Waals surface area contributed by atoms with E-state index in [-0.39, 0.29) is 27.0 Å². The van der Waals surface area contributed by atoms with Crippen molar-refractivity contribution in [1.29, 1.82) is 0 Å². The monoisotopic (exact) mass is 406 g/mol. The Bertz CT molecular complexity index is 914. The molecule has 0 aromatic heterocycles. The number of carbonyl (C=O) groups excluding carboxylic acids is 2. The maximum absolute atomic E-state index is 14.6. The zero-order valence-electron chi connectivity index (χ0n) is 15.5. The SMILES string of the molecule is CCc1ccc(-c2ccc(Cl)c(Cl)c2F)cc1C1C(=O)CC(C)(C)CC1=O. The Morgan fingerprint density at radius 3 is 2.30 bits per heavy atom. The minimum atomic E-state index is -0.779. The van der Waals surface area contributed by atoms with Gasteiger partial charge in [0.1, 0.15) is 17.5 Å².